The molecule has 0 unspecified atom stereocenters. The third-order valence-electron chi connectivity index (χ3n) is 3.12. The molecule has 3 rings (SSSR count). The van der Waals surface area contributed by atoms with Crippen molar-refractivity contribution in [2.24, 2.45) is 0 Å². The normalized spacial score (nSPS) is 10.7. The molecule has 0 bridgehead atoms. The average molecular weight is 282 g/mol. The first kappa shape index (κ1) is 12.9. The fourth-order valence-electron chi connectivity index (χ4n) is 2.28. The van der Waals surface area contributed by atoms with Crippen LogP contribution >= 0.6 is 11.3 Å². The molecule has 0 aliphatic rings. The lowest BCUT2D eigenvalue weighted by atomic mass is 10.0. The zero-order chi connectivity index (χ0) is 13.9. The van der Waals surface area contributed by atoms with Crippen molar-refractivity contribution < 1.29 is 9.53 Å². The van der Waals surface area contributed by atoms with Crippen molar-refractivity contribution in [3.8, 4) is 11.1 Å². The quantitative estimate of drug-likeness (QED) is 0.648. The minimum atomic E-state index is -0.243. The van der Waals surface area contributed by atoms with Crippen LogP contribution < -0.4 is 0 Å². The molecule has 3 heteroatoms. The summed E-state index contributed by atoms with van der Waals surface area (Å²) in [5, 5.41) is 1.10. The summed E-state index contributed by atoms with van der Waals surface area (Å²) in [7, 11) is 0. The van der Waals surface area contributed by atoms with Crippen LogP contribution in [0.2, 0.25) is 0 Å². The van der Waals surface area contributed by atoms with Crippen LogP contribution in [0.5, 0.6) is 0 Å². The van der Waals surface area contributed by atoms with Crippen molar-refractivity contribution in [2.75, 3.05) is 6.61 Å². The number of thiophene rings is 1. The Labute approximate surface area is 121 Å². The predicted molar refractivity (Wildman–Crippen MR) is 83.2 cm³/mol. The third kappa shape index (κ3) is 2.21. The molecule has 0 spiro atoms. The van der Waals surface area contributed by atoms with Crippen molar-refractivity contribution in [1.29, 1.82) is 0 Å². The van der Waals surface area contributed by atoms with E-state index in [1.807, 2.05) is 55.5 Å². The summed E-state index contributed by atoms with van der Waals surface area (Å²) in [5.74, 6) is -0.243. The summed E-state index contributed by atoms with van der Waals surface area (Å²) in [4.78, 5) is 12.9. The number of fused-ring (bicyclic) bond motifs is 1. The topological polar surface area (TPSA) is 26.3 Å². The second kappa shape index (κ2) is 5.47. The summed E-state index contributed by atoms with van der Waals surface area (Å²) in [6, 6.07) is 18.1. The Hall–Kier alpha value is -2.13. The van der Waals surface area contributed by atoms with Gasteiger partial charge in [-0.2, -0.15) is 0 Å². The first-order valence-corrected chi connectivity index (χ1v) is 7.37. The van der Waals surface area contributed by atoms with Crippen LogP contribution in [0.4, 0.5) is 0 Å². The van der Waals surface area contributed by atoms with Gasteiger partial charge in [-0.25, -0.2) is 4.79 Å². The maximum Gasteiger partial charge on any atom is 0.348 e. The van der Waals surface area contributed by atoms with Crippen LogP contribution in [-0.2, 0) is 4.74 Å². The minimum absolute atomic E-state index is 0.243. The van der Waals surface area contributed by atoms with Crippen LogP contribution in [0.3, 0.4) is 0 Å². The van der Waals surface area contributed by atoms with E-state index in [0.29, 0.717) is 11.5 Å². The van der Waals surface area contributed by atoms with Gasteiger partial charge in [0.15, 0.2) is 0 Å². The van der Waals surface area contributed by atoms with Gasteiger partial charge in [0.1, 0.15) is 4.88 Å². The van der Waals surface area contributed by atoms with E-state index in [4.69, 9.17) is 4.74 Å². The summed E-state index contributed by atoms with van der Waals surface area (Å²) in [5.41, 5.74) is 2.03. The Morgan fingerprint density at radius 3 is 2.50 bits per heavy atom. The second-order valence-corrected chi connectivity index (χ2v) is 5.44. The van der Waals surface area contributed by atoms with Gasteiger partial charge in [-0.3, -0.25) is 0 Å². The highest BCUT2D eigenvalue weighted by Crippen LogP contribution is 2.38. The number of esters is 1. The zero-order valence-corrected chi connectivity index (χ0v) is 11.9. The first-order valence-electron chi connectivity index (χ1n) is 6.55. The predicted octanol–water partition coefficient (Wildman–Crippen LogP) is 4.75. The van der Waals surface area contributed by atoms with E-state index in [-0.39, 0.29) is 5.97 Å². The number of carbonyl (C=O) groups is 1. The number of ether oxygens (including phenoxy) is 1. The Balaban J connectivity index is 2.26. The maximum absolute atomic E-state index is 12.2. The SMILES string of the molecule is CCOC(=O)c1sc2ccccc2c1-c1ccccc1. The summed E-state index contributed by atoms with van der Waals surface area (Å²) in [6.45, 7) is 2.22. The van der Waals surface area contributed by atoms with Gasteiger partial charge in [-0.15, -0.1) is 11.3 Å². The third-order valence-corrected chi connectivity index (χ3v) is 4.27. The van der Waals surface area contributed by atoms with Gasteiger partial charge in [0.25, 0.3) is 0 Å². The molecule has 0 fully saturated rings. The smallest absolute Gasteiger partial charge is 0.348 e. The monoisotopic (exact) mass is 282 g/mol. The van der Waals surface area contributed by atoms with Crippen LogP contribution in [0.15, 0.2) is 54.6 Å². The first-order chi connectivity index (χ1) is 9.81. The van der Waals surface area contributed by atoms with Crippen molar-refractivity contribution in [3.05, 3.63) is 59.5 Å². The Bertz CT molecular complexity index is 744. The van der Waals surface area contributed by atoms with E-state index >= 15 is 0 Å². The van der Waals surface area contributed by atoms with Gasteiger partial charge in [-0.05, 0) is 18.6 Å². The molecular weight excluding hydrogens is 268 g/mol. The number of hydrogen-bond acceptors (Lipinski definition) is 3. The van der Waals surface area contributed by atoms with Crippen molar-refractivity contribution in [2.45, 2.75) is 6.92 Å². The standard InChI is InChI=1S/C17H14O2S/c1-2-19-17(18)16-15(12-8-4-3-5-9-12)13-10-6-7-11-14(13)20-16/h3-11H,2H2,1H3. The molecule has 2 nitrogen and oxygen atoms in total. The number of hydrogen-bond donors (Lipinski definition) is 0. The van der Waals surface area contributed by atoms with Crippen LogP contribution in [-0.4, -0.2) is 12.6 Å². The van der Waals surface area contributed by atoms with Gasteiger partial charge in [0.05, 0.1) is 6.61 Å². The molecule has 100 valence electrons. The van der Waals surface area contributed by atoms with Crippen molar-refractivity contribution >= 4 is 27.4 Å². The molecule has 20 heavy (non-hydrogen) atoms. The van der Waals surface area contributed by atoms with E-state index in [1.54, 1.807) is 0 Å². The Morgan fingerprint density at radius 1 is 1.05 bits per heavy atom. The van der Waals surface area contributed by atoms with Gasteiger partial charge >= 0.3 is 5.97 Å². The van der Waals surface area contributed by atoms with E-state index in [2.05, 4.69) is 6.07 Å². The molecule has 3 aromatic rings. The second-order valence-electron chi connectivity index (χ2n) is 4.39. The molecule has 0 amide bonds. The molecular formula is C17H14O2S. The van der Waals surface area contributed by atoms with Gasteiger partial charge in [-0.1, -0.05) is 48.5 Å². The lowest BCUT2D eigenvalue weighted by Crippen LogP contribution is -2.03. The fraction of sp³-hybridized carbons (Fsp3) is 0.118. The highest BCUT2D eigenvalue weighted by atomic mass is 32.1. The van der Waals surface area contributed by atoms with E-state index < -0.39 is 0 Å². The highest BCUT2D eigenvalue weighted by Gasteiger charge is 2.20. The molecule has 0 atom stereocenters. The minimum Gasteiger partial charge on any atom is -0.462 e. The molecule has 0 aliphatic carbocycles. The fourth-order valence-corrected chi connectivity index (χ4v) is 3.40. The molecule has 0 aliphatic heterocycles. The van der Waals surface area contributed by atoms with Crippen molar-refractivity contribution in [3.63, 3.8) is 0 Å². The summed E-state index contributed by atoms with van der Waals surface area (Å²) >= 11 is 1.49. The lowest BCUT2D eigenvalue weighted by molar-refractivity contribution is 0.0533. The van der Waals surface area contributed by atoms with Crippen molar-refractivity contribution in [1.82, 2.24) is 0 Å². The molecule has 0 N–H and O–H groups in total. The van der Waals surface area contributed by atoms with E-state index in [9.17, 15) is 4.79 Å². The number of rotatable bonds is 3. The maximum atomic E-state index is 12.2. The van der Waals surface area contributed by atoms with Crippen LogP contribution in [0.25, 0.3) is 21.2 Å². The molecule has 1 heterocycles. The molecule has 0 saturated carbocycles. The van der Waals surface area contributed by atoms with E-state index in [0.717, 1.165) is 21.2 Å². The highest BCUT2D eigenvalue weighted by molar-refractivity contribution is 7.21. The lowest BCUT2D eigenvalue weighted by Gasteiger charge is -2.04. The summed E-state index contributed by atoms with van der Waals surface area (Å²) in [6.07, 6.45) is 0. The molecule has 2 aromatic carbocycles. The molecule has 0 saturated heterocycles. The van der Waals surface area contributed by atoms with Gasteiger partial charge in [0.2, 0.25) is 0 Å². The zero-order valence-electron chi connectivity index (χ0n) is 11.1. The average Bonchev–Trinajstić information content (AvgIpc) is 2.88. The van der Waals surface area contributed by atoms with Gasteiger partial charge < -0.3 is 4.74 Å². The van der Waals surface area contributed by atoms with Crippen LogP contribution in [0, 0.1) is 0 Å². The Morgan fingerprint density at radius 2 is 1.75 bits per heavy atom. The molecule has 0 radical (unpaired) electrons. The van der Waals surface area contributed by atoms with Gasteiger partial charge in [0, 0.05) is 15.6 Å². The van der Waals surface area contributed by atoms with Crippen LogP contribution in [0.1, 0.15) is 16.6 Å². The Kier molecular flexibility index (Phi) is 3.52. The number of carbonyl (C=O) groups excluding carboxylic acids is 1. The molecule has 1 aromatic heterocycles. The van der Waals surface area contributed by atoms with E-state index in [1.165, 1.54) is 11.3 Å². The summed E-state index contributed by atoms with van der Waals surface area (Å²) < 4.78 is 6.30. The largest absolute Gasteiger partial charge is 0.462 e. The number of benzene rings is 2.